The standard InChI is InChI=1S/C26H31FN2O3/c1-26(32)16-17-29(25(31)20-10-6-3-7-11-20)22(18-8-4-2-5-9-18)23(26)28-24(30)19-12-14-21(27)15-13-19/h2,4-5,8-9,12-15,20,22-23,32H,3,6-7,10-11,16-17H2,1H3,(H,28,30)/t22-,23-,26+/m0/s1. The Hall–Kier alpha value is -2.73. The molecule has 2 fully saturated rings. The van der Waals surface area contributed by atoms with Crippen LogP contribution in [0.5, 0.6) is 0 Å². The summed E-state index contributed by atoms with van der Waals surface area (Å²) in [5.41, 5.74) is -0.0229. The predicted molar refractivity (Wildman–Crippen MR) is 120 cm³/mol. The smallest absolute Gasteiger partial charge is 0.251 e. The van der Waals surface area contributed by atoms with Crippen molar-refractivity contribution in [3.8, 4) is 0 Å². The van der Waals surface area contributed by atoms with Gasteiger partial charge in [0.1, 0.15) is 5.82 Å². The van der Waals surface area contributed by atoms with E-state index in [9.17, 15) is 19.1 Å². The zero-order chi connectivity index (χ0) is 22.7. The van der Waals surface area contributed by atoms with Crippen molar-refractivity contribution in [1.29, 1.82) is 0 Å². The van der Waals surface area contributed by atoms with Crippen LogP contribution in [0.15, 0.2) is 54.6 Å². The van der Waals surface area contributed by atoms with E-state index in [0.717, 1.165) is 37.7 Å². The van der Waals surface area contributed by atoms with Crippen molar-refractivity contribution >= 4 is 11.8 Å². The maximum Gasteiger partial charge on any atom is 0.251 e. The number of aliphatic hydroxyl groups is 1. The first-order chi connectivity index (χ1) is 15.4. The molecule has 2 N–H and O–H groups in total. The molecule has 0 unspecified atom stereocenters. The number of hydrogen-bond donors (Lipinski definition) is 2. The topological polar surface area (TPSA) is 69.6 Å². The number of nitrogens with zero attached hydrogens (tertiary/aromatic N) is 1. The first kappa shape index (κ1) is 22.5. The lowest BCUT2D eigenvalue weighted by Crippen LogP contribution is -2.64. The van der Waals surface area contributed by atoms with Gasteiger partial charge in [-0.2, -0.15) is 0 Å². The van der Waals surface area contributed by atoms with E-state index in [2.05, 4.69) is 5.32 Å². The van der Waals surface area contributed by atoms with Crippen LogP contribution in [0.3, 0.4) is 0 Å². The Labute approximate surface area is 188 Å². The van der Waals surface area contributed by atoms with E-state index < -0.39 is 29.4 Å². The van der Waals surface area contributed by atoms with Crippen LogP contribution < -0.4 is 5.32 Å². The largest absolute Gasteiger partial charge is 0.388 e. The molecule has 1 saturated heterocycles. The first-order valence-electron chi connectivity index (χ1n) is 11.5. The lowest BCUT2D eigenvalue weighted by Gasteiger charge is -2.50. The van der Waals surface area contributed by atoms with Crippen molar-refractivity contribution in [3.05, 3.63) is 71.5 Å². The van der Waals surface area contributed by atoms with Gasteiger partial charge < -0.3 is 15.3 Å². The lowest BCUT2D eigenvalue weighted by atomic mass is 9.78. The van der Waals surface area contributed by atoms with Crippen molar-refractivity contribution in [2.45, 2.75) is 63.1 Å². The number of likely N-dealkylation sites (tertiary alicyclic amines) is 1. The van der Waals surface area contributed by atoms with Crippen LogP contribution in [0.4, 0.5) is 4.39 Å². The van der Waals surface area contributed by atoms with Crippen LogP contribution in [-0.2, 0) is 4.79 Å². The van der Waals surface area contributed by atoms with Gasteiger partial charge in [0.2, 0.25) is 5.91 Å². The Balaban J connectivity index is 1.67. The van der Waals surface area contributed by atoms with E-state index in [0.29, 0.717) is 18.5 Å². The summed E-state index contributed by atoms with van der Waals surface area (Å²) in [7, 11) is 0. The Morgan fingerprint density at radius 2 is 1.69 bits per heavy atom. The molecule has 0 aromatic heterocycles. The molecule has 1 aliphatic carbocycles. The molecule has 32 heavy (non-hydrogen) atoms. The van der Waals surface area contributed by atoms with E-state index in [1.54, 1.807) is 6.92 Å². The second-order valence-electron chi connectivity index (χ2n) is 9.29. The molecule has 1 aliphatic heterocycles. The molecule has 0 radical (unpaired) electrons. The Bertz CT molecular complexity index is 939. The first-order valence-corrected chi connectivity index (χ1v) is 11.5. The third-order valence-electron chi connectivity index (χ3n) is 6.95. The monoisotopic (exact) mass is 438 g/mol. The fourth-order valence-corrected chi connectivity index (χ4v) is 5.08. The molecule has 3 atom stereocenters. The van der Waals surface area contributed by atoms with Crippen molar-refractivity contribution in [2.75, 3.05) is 6.54 Å². The number of hydrogen-bond acceptors (Lipinski definition) is 3. The van der Waals surface area contributed by atoms with E-state index in [-0.39, 0.29) is 11.8 Å². The van der Waals surface area contributed by atoms with Gasteiger partial charge in [0.15, 0.2) is 0 Å². The fraction of sp³-hybridized carbons (Fsp3) is 0.462. The summed E-state index contributed by atoms with van der Waals surface area (Å²) in [6.07, 6.45) is 5.42. The maximum absolute atomic E-state index is 13.6. The second-order valence-corrected chi connectivity index (χ2v) is 9.29. The molecule has 2 aromatic carbocycles. The van der Waals surface area contributed by atoms with Crippen LogP contribution in [0.25, 0.3) is 0 Å². The summed E-state index contributed by atoms with van der Waals surface area (Å²) in [4.78, 5) is 28.5. The molecule has 4 rings (SSSR count). The Kier molecular flexibility index (Phi) is 6.60. The lowest BCUT2D eigenvalue weighted by molar-refractivity contribution is -0.148. The van der Waals surface area contributed by atoms with Crippen molar-refractivity contribution in [3.63, 3.8) is 0 Å². The van der Waals surface area contributed by atoms with Gasteiger partial charge in [0, 0.05) is 18.0 Å². The van der Waals surface area contributed by atoms with E-state index in [4.69, 9.17) is 0 Å². The summed E-state index contributed by atoms with van der Waals surface area (Å²) in [5, 5.41) is 14.3. The summed E-state index contributed by atoms with van der Waals surface area (Å²) in [5.74, 6) is -0.720. The number of benzene rings is 2. The van der Waals surface area contributed by atoms with Gasteiger partial charge in [-0.1, -0.05) is 49.6 Å². The van der Waals surface area contributed by atoms with Crippen molar-refractivity contribution in [2.24, 2.45) is 5.92 Å². The van der Waals surface area contributed by atoms with Crippen LogP contribution in [0, 0.1) is 11.7 Å². The minimum Gasteiger partial charge on any atom is -0.388 e. The quantitative estimate of drug-likeness (QED) is 0.751. The zero-order valence-corrected chi connectivity index (χ0v) is 18.5. The van der Waals surface area contributed by atoms with Crippen LogP contribution in [-0.4, -0.2) is 40.0 Å². The number of carbonyl (C=O) groups is 2. The average Bonchev–Trinajstić information content (AvgIpc) is 2.81. The van der Waals surface area contributed by atoms with Crippen molar-refractivity contribution in [1.82, 2.24) is 10.2 Å². The highest BCUT2D eigenvalue weighted by atomic mass is 19.1. The highest BCUT2D eigenvalue weighted by molar-refractivity contribution is 5.94. The number of rotatable bonds is 4. The summed E-state index contributed by atoms with van der Waals surface area (Å²) in [6, 6.07) is 13.7. The molecule has 1 saturated carbocycles. The Morgan fingerprint density at radius 1 is 1.03 bits per heavy atom. The molecule has 1 heterocycles. The highest BCUT2D eigenvalue weighted by Crippen LogP contribution is 2.39. The molecular formula is C26H31FN2O3. The number of halogens is 1. The molecule has 6 heteroatoms. The summed E-state index contributed by atoms with van der Waals surface area (Å²) in [6.45, 7) is 2.14. The number of carbonyl (C=O) groups excluding carboxylic acids is 2. The summed E-state index contributed by atoms with van der Waals surface area (Å²) >= 11 is 0. The van der Waals surface area contributed by atoms with Crippen molar-refractivity contribution < 1.29 is 19.1 Å². The maximum atomic E-state index is 13.6. The second kappa shape index (κ2) is 9.41. The fourth-order valence-electron chi connectivity index (χ4n) is 5.08. The molecule has 0 bridgehead atoms. The highest BCUT2D eigenvalue weighted by Gasteiger charge is 2.48. The predicted octanol–water partition coefficient (Wildman–Crippen LogP) is 4.23. The van der Waals surface area contributed by atoms with Gasteiger partial charge in [-0.3, -0.25) is 9.59 Å². The SMILES string of the molecule is C[C@@]1(O)CCN(C(=O)C2CCCCC2)[C@@H](c2ccccc2)[C@@H]1NC(=O)c1ccc(F)cc1. The zero-order valence-electron chi connectivity index (χ0n) is 18.5. The van der Waals surface area contributed by atoms with Crippen LogP contribution in [0.2, 0.25) is 0 Å². The van der Waals surface area contributed by atoms with E-state index in [1.165, 1.54) is 24.3 Å². The van der Waals surface area contributed by atoms with Crippen LogP contribution in [0.1, 0.15) is 67.4 Å². The Morgan fingerprint density at radius 3 is 2.34 bits per heavy atom. The third-order valence-corrected chi connectivity index (χ3v) is 6.95. The van der Waals surface area contributed by atoms with Gasteiger partial charge >= 0.3 is 0 Å². The van der Waals surface area contributed by atoms with E-state index in [1.807, 2.05) is 35.2 Å². The third kappa shape index (κ3) is 4.70. The van der Waals surface area contributed by atoms with Gasteiger partial charge in [-0.15, -0.1) is 0 Å². The van der Waals surface area contributed by atoms with Gasteiger partial charge in [0.25, 0.3) is 5.91 Å². The average molecular weight is 439 g/mol. The molecule has 170 valence electrons. The van der Waals surface area contributed by atoms with Gasteiger partial charge in [-0.25, -0.2) is 4.39 Å². The number of nitrogens with one attached hydrogen (secondary N) is 1. The minimum absolute atomic E-state index is 0.00791. The van der Waals surface area contributed by atoms with Crippen LogP contribution >= 0.6 is 0 Å². The summed E-state index contributed by atoms with van der Waals surface area (Å²) < 4.78 is 13.3. The molecule has 5 nitrogen and oxygen atoms in total. The molecule has 2 aliphatic rings. The molecule has 2 aromatic rings. The van der Waals surface area contributed by atoms with Gasteiger partial charge in [0.05, 0.1) is 17.7 Å². The van der Waals surface area contributed by atoms with Gasteiger partial charge in [-0.05, 0) is 56.0 Å². The number of amides is 2. The molecule has 2 amide bonds. The van der Waals surface area contributed by atoms with E-state index >= 15 is 0 Å². The molecular weight excluding hydrogens is 407 g/mol. The molecule has 0 spiro atoms. The normalized spacial score (nSPS) is 26.5. The number of piperidine rings is 1. The minimum atomic E-state index is -1.21.